The van der Waals surface area contributed by atoms with Crippen molar-refractivity contribution in [3.63, 3.8) is 0 Å². The number of likely N-dealkylation sites (N-methyl/N-ethyl adjacent to an activating group) is 1. The summed E-state index contributed by atoms with van der Waals surface area (Å²) in [5, 5.41) is 8.30. The van der Waals surface area contributed by atoms with Crippen LogP contribution in [0.2, 0.25) is 0 Å². The Bertz CT molecular complexity index is 275. The van der Waals surface area contributed by atoms with Crippen LogP contribution < -0.4 is 0 Å². The summed E-state index contributed by atoms with van der Waals surface area (Å²) in [6.45, 7) is 3.32. The fraction of sp³-hybridized carbons (Fsp3) is 0.636. The third-order valence-corrected chi connectivity index (χ3v) is 1.71. The van der Waals surface area contributed by atoms with E-state index >= 15 is 0 Å². The maximum absolute atomic E-state index is 11.1. The first-order chi connectivity index (χ1) is 7.91. The minimum atomic E-state index is -1.18. The maximum atomic E-state index is 11.1. The van der Waals surface area contributed by atoms with Crippen LogP contribution in [0.3, 0.4) is 0 Å². The van der Waals surface area contributed by atoms with E-state index in [1.165, 1.54) is 0 Å². The Hall–Kier alpha value is -1.40. The Labute approximate surface area is 101 Å². The van der Waals surface area contributed by atoms with Crippen LogP contribution in [0.1, 0.15) is 6.92 Å². The monoisotopic (exact) mass is 245 g/mol. The number of carboxylic acid groups (broad SMARTS) is 1. The van der Waals surface area contributed by atoms with Crippen molar-refractivity contribution in [3.8, 4) is 0 Å². The molecule has 17 heavy (non-hydrogen) atoms. The number of hydrogen-bond donors (Lipinski definition) is 1. The zero-order chi connectivity index (χ0) is 13.3. The van der Waals surface area contributed by atoms with Crippen LogP contribution in [0.15, 0.2) is 12.2 Å². The molecule has 0 saturated carbocycles. The summed E-state index contributed by atoms with van der Waals surface area (Å²) in [5.41, 5.74) is 0. The van der Waals surface area contributed by atoms with Gasteiger partial charge in [-0.3, -0.25) is 0 Å². The molecule has 0 aliphatic rings. The molecule has 0 spiro atoms. The predicted octanol–water partition coefficient (Wildman–Crippen LogP) is 0.137. The van der Waals surface area contributed by atoms with Crippen molar-refractivity contribution >= 4 is 11.9 Å². The fourth-order valence-electron chi connectivity index (χ4n) is 0.907. The number of rotatable bonds is 8. The van der Waals surface area contributed by atoms with Gasteiger partial charge in [0.15, 0.2) is 0 Å². The Morgan fingerprint density at radius 2 is 2.00 bits per heavy atom. The lowest BCUT2D eigenvalue weighted by Crippen LogP contribution is -2.23. The van der Waals surface area contributed by atoms with Gasteiger partial charge in [0, 0.05) is 18.7 Å². The lowest BCUT2D eigenvalue weighted by atomic mass is 10.4. The van der Waals surface area contributed by atoms with Gasteiger partial charge in [0.2, 0.25) is 0 Å². The molecule has 0 saturated heterocycles. The smallest absolute Gasteiger partial charge is 0.331 e. The van der Waals surface area contributed by atoms with Crippen LogP contribution in [0, 0.1) is 0 Å². The molecule has 0 amide bonds. The van der Waals surface area contributed by atoms with Crippen molar-refractivity contribution < 1.29 is 24.2 Å². The Kier molecular flexibility index (Phi) is 8.00. The number of aliphatic carboxylic acids is 1. The number of nitrogens with zero attached hydrogens (tertiary/aromatic N) is 1. The molecule has 0 rings (SSSR count). The van der Waals surface area contributed by atoms with E-state index in [1.54, 1.807) is 6.92 Å². The molecule has 1 N–H and O–H groups in total. The summed E-state index contributed by atoms with van der Waals surface area (Å²) < 4.78 is 10.2. The zero-order valence-electron chi connectivity index (χ0n) is 10.4. The van der Waals surface area contributed by atoms with E-state index in [4.69, 9.17) is 14.6 Å². The standard InChI is InChI=1S/C11H19NO5/c1-9(8-16-7-6-12(2)3)17-11(15)5-4-10(13)14/h4-5,9H,6-8H2,1-3H3,(H,13,14). The average molecular weight is 245 g/mol. The van der Waals surface area contributed by atoms with Gasteiger partial charge < -0.3 is 19.5 Å². The van der Waals surface area contributed by atoms with E-state index in [0.717, 1.165) is 18.7 Å². The van der Waals surface area contributed by atoms with Crippen LogP contribution in [0.5, 0.6) is 0 Å². The topological polar surface area (TPSA) is 76.1 Å². The highest BCUT2D eigenvalue weighted by atomic mass is 16.6. The second-order valence-electron chi connectivity index (χ2n) is 3.80. The Balaban J connectivity index is 3.67. The van der Waals surface area contributed by atoms with Gasteiger partial charge in [0.1, 0.15) is 6.10 Å². The number of carboxylic acids is 1. The second-order valence-corrected chi connectivity index (χ2v) is 3.80. The SMILES string of the molecule is CC(COCCN(C)C)OC(=O)C=CC(=O)O. The number of hydrogen-bond acceptors (Lipinski definition) is 5. The van der Waals surface area contributed by atoms with Gasteiger partial charge in [0.25, 0.3) is 0 Å². The molecule has 0 aromatic rings. The van der Waals surface area contributed by atoms with Crippen molar-refractivity contribution in [2.75, 3.05) is 33.9 Å². The van der Waals surface area contributed by atoms with E-state index in [1.807, 2.05) is 19.0 Å². The van der Waals surface area contributed by atoms with Crippen LogP contribution in [0.25, 0.3) is 0 Å². The minimum absolute atomic E-state index is 0.292. The molecule has 6 heteroatoms. The molecule has 0 aliphatic carbocycles. The largest absolute Gasteiger partial charge is 0.478 e. The van der Waals surface area contributed by atoms with Crippen molar-refractivity contribution in [2.45, 2.75) is 13.0 Å². The van der Waals surface area contributed by atoms with E-state index in [2.05, 4.69) is 0 Å². The van der Waals surface area contributed by atoms with E-state index in [-0.39, 0.29) is 0 Å². The third kappa shape index (κ3) is 10.9. The zero-order valence-corrected chi connectivity index (χ0v) is 10.4. The first kappa shape index (κ1) is 15.6. The molecule has 0 aromatic carbocycles. The molecule has 0 fully saturated rings. The van der Waals surface area contributed by atoms with Gasteiger partial charge in [-0.25, -0.2) is 9.59 Å². The van der Waals surface area contributed by atoms with Crippen LogP contribution in [-0.4, -0.2) is 61.9 Å². The van der Waals surface area contributed by atoms with Gasteiger partial charge in [-0.05, 0) is 21.0 Å². The molecule has 98 valence electrons. The second kappa shape index (κ2) is 8.72. The highest BCUT2D eigenvalue weighted by molar-refractivity contribution is 5.90. The lowest BCUT2D eigenvalue weighted by molar-refractivity contribution is -0.145. The van der Waals surface area contributed by atoms with E-state index < -0.39 is 18.0 Å². The summed E-state index contributed by atoms with van der Waals surface area (Å²) in [6, 6.07) is 0. The Morgan fingerprint density at radius 1 is 1.35 bits per heavy atom. The van der Waals surface area contributed by atoms with Gasteiger partial charge in [-0.15, -0.1) is 0 Å². The molecular formula is C11H19NO5. The summed E-state index contributed by atoms with van der Waals surface area (Å²) >= 11 is 0. The summed E-state index contributed by atoms with van der Waals surface area (Å²) in [6.07, 6.45) is 1.21. The summed E-state index contributed by atoms with van der Waals surface area (Å²) in [5.74, 6) is -1.87. The Morgan fingerprint density at radius 3 is 2.53 bits per heavy atom. The van der Waals surface area contributed by atoms with Crippen molar-refractivity contribution in [3.05, 3.63) is 12.2 Å². The number of carbonyl (C=O) groups is 2. The molecule has 0 aromatic heterocycles. The van der Waals surface area contributed by atoms with Crippen molar-refractivity contribution in [1.29, 1.82) is 0 Å². The highest BCUT2D eigenvalue weighted by Gasteiger charge is 2.07. The average Bonchev–Trinajstić information content (AvgIpc) is 2.21. The van der Waals surface area contributed by atoms with E-state index in [9.17, 15) is 9.59 Å². The third-order valence-electron chi connectivity index (χ3n) is 1.71. The lowest BCUT2D eigenvalue weighted by Gasteiger charge is -2.14. The maximum Gasteiger partial charge on any atom is 0.331 e. The van der Waals surface area contributed by atoms with Gasteiger partial charge in [0.05, 0.1) is 13.2 Å². The number of esters is 1. The normalized spacial score (nSPS) is 12.9. The van der Waals surface area contributed by atoms with Crippen molar-refractivity contribution in [1.82, 2.24) is 4.90 Å². The van der Waals surface area contributed by atoms with Gasteiger partial charge >= 0.3 is 11.9 Å². The van der Waals surface area contributed by atoms with Crippen LogP contribution >= 0.6 is 0 Å². The van der Waals surface area contributed by atoms with Crippen LogP contribution in [0.4, 0.5) is 0 Å². The predicted molar refractivity (Wildman–Crippen MR) is 61.7 cm³/mol. The minimum Gasteiger partial charge on any atom is -0.478 e. The highest BCUT2D eigenvalue weighted by Crippen LogP contribution is 1.94. The molecule has 1 atom stereocenters. The molecule has 0 radical (unpaired) electrons. The molecule has 0 bridgehead atoms. The van der Waals surface area contributed by atoms with Gasteiger partial charge in [-0.1, -0.05) is 0 Å². The fourth-order valence-corrected chi connectivity index (χ4v) is 0.907. The summed E-state index contributed by atoms with van der Waals surface area (Å²) in [4.78, 5) is 23.2. The quantitative estimate of drug-likeness (QED) is 0.372. The molecular weight excluding hydrogens is 226 g/mol. The van der Waals surface area contributed by atoms with Gasteiger partial charge in [-0.2, -0.15) is 0 Å². The first-order valence-corrected chi connectivity index (χ1v) is 5.26. The molecule has 1 unspecified atom stereocenters. The van der Waals surface area contributed by atoms with Crippen molar-refractivity contribution in [2.24, 2.45) is 0 Å². The molecule has 6 nitrogen and oxygen atoms in total. The number of carbonyl (C=O) groups excluding carboxylic acids is 1. The number of ether oxygens (including phenoxy) is 2. The molecule has 0 heterocycles. The molecule has 0 aliphatic heterocycles. The van der Waals surface area contributed by atoms with E-state index in [0.29, 0.717) is 13.2 Å². The first-order valence-electron chi connectivity index (χ1n) is 5.26. The van der Waals surface area contributed by atoms with Crippen LogP contribution in [-0.2, 0) is 19.1 Å². The summed E-state index contributed by atoms with van der Waals surface area (Å²) in [7, 11) is 3.87.